The van der Waals surface area contributed by atoms with E-state index in [1.807, 2.05) is 13.8 Å². The van der Waals surface area contributed by atoms with E-state index in [9.17, 15) is 14.4 Å². The van der Waals surface area contributed by atoms with Crippen molar-refractivity contribution in [3.8, 4) is 0 Å². The van der Waals surface area contributed by atoms with Gasteiger partial charge in [0.15, 0.2) is 5.78 Å². The molecule has 2 amide bonds. The number of carbonyl (C=O) groups excluding carboxylic acids is 3. The molecule has 2 aromatic rings. The van der Waals surface area contributed by atoms with Gasteiger partial charge in [-0.25, -0.2) is 0 Å². The quantitative estimate of drug-likeness (QED) is 0.829. The molecule has 5 nitrogen and oxygen atoms in total. The highest BCUT2D eigenvalue weighted by molar-refractivity contribution is 6.05. The standard InChI is InChI=1S/C19H20N2O3/c1-12(2)20-18(23)15-4-6-16(7-5-15)19(24)21-17-10-8-14(9-11-17)13(3)22/h4-12H,1-3H3,(H,20,23)(H,21,24). The molecule has 0 saturated heterocycles. The average molecular weight is 324 g/mol. The SMILES string of the molecule is CC(=O)c1ccc(NC(=O)c2ccc(C(=O)NC(C)C)cc2)cc1. The summed E-state index contributed by atoms with van der Waals surface area (Å²) in [6.07, 6.45) is 0. The van der Waals surface area contributed by atoms with Crippen LogP contribution in [0.2, 0.25) is 0 Å². The molecule has 0 aliphatic carbocycles. The highest BCUT2D eigenvalue weighted by Gasteiger charge is 2.10. The largest absolute Gasteiger partial charge is 0.350 e. The Kier molecular flexibility index (Phi) is 5.47. The zero-order valence-electron chi connectivity index (χ0n) is 13.9. The van der Waals surface area contributed by atoms with Gasteiger partial charge in [0.2, 0.25) is 0 Å². The van der Waals surface area contributed by atoms with Gasteiger partial charge in [-0.05, 0) is 69.3 Å². The summed E-state index contributed by atoms with van der Waals surface area (Å²) in [7, 11) is 0. The lowest BCUT2D eigenvalue weighted by molar-refractivity contribution is 0.0940. The van der Waals surface area contributed by atoms with Crippen molar-refractivity contribution in [3.05, 3.63) is 65.2 Å². The van der Waals surface area contributed by atoms with Crippen molar-refractivity contribution in [2.45, 2.75) is 26.8 Å². The Labute approximate surface area is 141 Å². The number of Topliss-reactive ketones (excluding diaryl/α,β-unsaturated/α-hetero) is 1. The van der Waals surface area contributed by atoms with Gasteiger partial charge in [-0.1, -0.05) is 0 Å². The number of hydrogen-bond donors (Lipinski definition) is 2. The normalized spacial score (nSPS) is 10.3. The summed E-state index contributed by atoms with van der Waals surface area (Å²) in [5.74, 6) is -0.471. The lowest BCUT2D eigenvalue weighted by atomic mass is 10.1. The molecule has 0 aliphatic rings. The Balaban J connectivity index is 2.04. The second-order valence-electron chi connectivity index (χ2n) is 5.79. The van der Waals surface area contributed by atoms with Crippen LogP contribution in [0.5, 0.6) is 0 Å². The van der Waals surface area contributed by atoms with E-state index in [0.717, 1.165) is 0 Å². The molecule has 2 rings (SSSR count). The lowest BCUT2D eigenvalue weighted by Gasteiger charge is -2.09. The van der Waals surface area contributed by atoms with E-state index in [-0.39, 0.29) is 23.6 Å². The number of benzene rings is 2. The molecule has 2 aromatic carbocycles. The van der Waals surface area contributed by atoms with Crippen molar-refractivity contribution in [2.75, 3.05) is 5.32 Å². The molecule has 0 bridgehead atoms. The van der Waals surface area contributed by atoms with Crippen LogP contribution in [0.1, 0.15) is 51.8 Å². The molecule has 0 fully saturated rings. The van der Waals surface area contributed by atoms with E-state index in [1.54, 1.807) is 48.5 Å². The first kappa shape index (κ1) is 17.4. The average Bonchev–Trinajstić information content (AvgIpc) is 2.54. The van der Waals surface area contributed by atoms with Crippen molar-refractivity contribution in [1.29, 1.82) is 0 Å². The first-order chi connectivity index (χ1) is 11.4. The Morgan fingerprint density at radius 2 is 1.21 bits per heavy atom. The third-order valence-electron chi connectivity index (χ3n) is 3.38. The van der Waals surface area contributed by atoms with Gasteiger partial charge in [0.05, 0.1) is 0 Å². The fourth-order valence-electron chi connectivity index (χ4n) is 2.11. The second kappa shape index (κ2) is 7.55. The molecule has 5 heteroatoms. The molecule has 0 unspecified atom stereocenters. The van der Waals surface area contributed by atoms with Gasteiger partial charge in [-0.3, -0.25) is 14.4 Å². The monoisotopic (exact) mass is 324 g/mol. The molecule has 0 aliphatic heterocycles. The van der Waals surface area contributed by atoms with Gasteiger partial charge in [-0.15, -0.1) is 0 Å². The minimum Gasteiger partial charge on any atom is -0.350 e. The molecule has 2 N–H and O–H groups in total. The summed E-state index contributed by atoms with van der Waals surface area (Å²) in [6.45, 7) is 5.26. The summed E-state index contributed by atoms with van der Waals surface area (Å²) in [5.41, 5.74) is 2.15. The van der Waals surface area contributed by atoms with Crippen molar-refractivity contribution in [1.82, 2.24) is 5.32 Å². The molecule has 124 valence electrons. The van der Waals surface area contributed by atoms with Crippen LogP contribution in [0.15, 0.2) is 48.5 Å². The Bertz CT molecular complexity index is 747. The van der Waals surface area contributed by atoms with Crippen LogP contribution in [0.3, 0.4) is 0 Å². The van der Waals surface area contributed by atoms with Gasteiger partial charge in [0.25, 0.3) is 11.8 Å². The van der Waals surface area contributed by atoms with Gasteiger partial charge in [0.1, 0.15) is 0 Å². The van der Waals surface area contributed by atoms with Crippen LogP contribution in [-0.4, -0.2) is 23.6 Å². The molecule has 0 atom stereocenters. The Morgan fingerprint density at radius 1 is 0.750 bits per heavy atom. The van der Waals surface area contributed by atoms with Crippen LogP contribution < -0.4 is 10.6 Å². The molecule has 0 radical (unpaired) electrons. The van der Waals surface area contributed by atoms with E-state index in [2.05, 4.69) is 10.6 Å². The number of ketones is 1. The molecule has 0 spiro atoms. The highest BCUT2D eigenvalue weighted by Crippen LogP contribution is 2.12. The zero-order chi connectivity index (χ0) is 17.7. The van der Waals surface area contributed by atoms with Crippen molar-refractivity contribution in [3.63, 3.8) is 0 Å². The van der Waals surface area contributed by atoms with E-state index in [0.29, 0.717) is 22.4 Å². The second-order valence-corrected chi connectivity index (χ2v) is 5.79. The van der Waals surface area contributed by atoms with Crippen molar-refractivity contribution < 1.29 is 14.4 Å². The van der Waals surface area contributed by atoms with Crippen LogP contribution >= 0.6 is 0 Å². The number of nitrogens with one attached hydrogen (secondary N) is 2. The number of rotatable bonds is 5. The minimum absolute atomic E-state index is 0.0249. The minimum atomic E-state index is -0.276. The molecule has 0 heterocycles. The smallest absolute Gasteiger partial charge is 0.255 e. The predicted octanol–water partition coefficient (Wildman–Crippen LogP) is 3.28. The van der Waals surface area contributed by atoms with Crippen LogP contribution in [0.25, 0.3) is 0 Å². The maximum atomic E-state index is 12.2. The third-order valence-corrected chi connectivity index (χ3v) is 3.38. The Hall–Kier alpha value is -2.95. The summed E-state index contributed by atoms with van der Waals surface area (Å²) < 4.78 is 0. The van der Waals surface area contributed by atoms with Gasteiger partial charge in [0, 0.05) is 28.4 Å². The van der Waals surface area contributed by atoms with Crippen LogP contribution in [0, 0.1) is 0 Å². The fraction of sp³-hybridized carbons (Fsp3) is 0.211. The van der Waals surface area contributed by atoms with E-state index >= 15 is 0 Å². The molecule has 24 heavy (non-hydrogen) atoms. The topological polar surface area (TPSA) is 75.3 Å². The Morgan fingerprint density at radius 3 is 1.67 bits per heavy atom. The fourth-order valence-corrected chi connectivity index (χ4v) is 2.11. The molecule has 0 aromatic heterocycles. The predicted molar refractivity (Wildman–Crippen MR) is 93.4 cm³/mol. The first-order valence-corrected chi connectivity index (χ1v) is 7.70. The van der Waals surface area contributed by atoms with Gasteiger partial charge >= 0.3 is 0 Å². The van der Waals surface area contributed by atoms with Crippen LogP contribution in [0.4, 0.5) is 5.69 Å². The van der Waals surface area contributed by atoms with Gasteiger partial charge < -0.3 is 10.6 Å². The van der Waals surface area contributed by atoms with Gasteiger partial charge in [-0.2, -0.15) is 0 Å². The van der Waals surface area contributed by atoms with E-state index in [4.69, 9.17) is 0 Å². The summed E-state index contributed by atoms with van der Waals surface area (Å²) in [6, 6.07) is 13.2. The van der Waals surface area contributed by atoms with Crippen molar-refractivity contribution >= 4 is 23.3 Å². The lowest BCUT2D eigenvalue weighted by Crippen LogP contribution is -2.30. The highest BCUT2D eigenvalue weighted by atomic mass is 16.2. The van der Waals surface area contributed by atoms with E-state index < -0.39 is 0 Å². The molecular weight excluding hydrogens is 304 g/mol. The maximum absolute atomic E-state index is 12.2. The number of amides is 2. The third kappa shape index (κ3) is 4.52. The summed E-state index contributed by atoms with van der Waals surface area (Å²) >= 11 is 0. The summed E-state index contributed by atoms with van der Waals surface area (Å²) in [4.78, 5) is 35.3. The van der Waals surface area contributed by atoms with E-state index in [1.165, 1.54) is 6.92 Å². The zero-order valence-corrected chi connectivity index (χ0v) is 13.9. The number of hydrogen-bond acceptors (Lipinski definition) is 3. The maximum Gasteiger partial charge on any atom is 0.255 e. The molecule has 0 saturated carbocycles. The van der Waals surface area contributed by atoms with Crippen LogP contribution in [-0.2, 0) is 0 Å². The molecular formula is C19H20N2O3. The van der Waals surface area contributed by atoms with Crippen molar-refractivity contribution in [2.24, 2.45) is 0 Å². The number of anilines is 1. The number of carbonyl (C=O) groups is 3. The summed E-state index contributed by atoms with van der Waals surface area (Å²) in [5, 5.41) is 5.55. The first-order valence-electron chi connectivity index (χ1n) is 7.70.